The topological polar surface area (TPSA) is 88.3 Å². The Bertz CT molecular complexity index is 729. The molecule has 2 aromatic rings. The normalized spacial score (nSPS) is 17.4. The van der Waals surface area contributed by atoms with E-state index in [0.717, 1.165) is 30.6 Å². The van der Waals surface area contributed by atoms with Crippen molar-refractivity contribution in [1.82, 2.24) is 19.9 Å². The summed E-state index contributed by atoms with van der Waals surface area (Å²) in [6.45, 7) is 1.51. The predicted molar refractivity (Wildman–Crippen MR) is 91.6 cm³/mol. The van der Waals surface area contributed by atoms with Crippen molar-refractivity contribution >= 4 is 11.9 Å². The lowest BCUT2D eigenvalue weighted by molar-refractivity contribution is -0.137. The van der Waals surface area contributed by atoms with Crippen LogP contribution in [0.15, 0.2) is 36.5 Å². The maximum absolute atomic E-state index is 12.5. The van der Waals surface area contributed by atoms with Crippen LogP contribution in [0.25, 0.3) is 11.3 Å². The lowest BCUT2D eigenvalue weighted by atomic mass is 9.93. The third-order valence-corrected chi connectivity index (χ3v) is 4.54. The van der Waals surface area contributed by atoms with Crippen molar-refractivity contribution in [3.63, 3.8) is 0 Å². The molecular weight excluding hydrogens is 320 g/mol. The zero-order valence-electron chi connectivity index (χ0n) is 14.0. The molecule has 1 aliphatic heterocycles. The molecule has 0 bridgehead atoms. The summed E-state index contributed by atoms with van der Waals surface area (Å²) < 4.78 is 1.56. The van der Waals surface area contributed by atoms with Crippen LogP contribution in [0.2, 0.25) is 0 Å². The summed E-state index contributed by atoms with van der Waals surface area (Å²) in [5, 5.41) is 17.0. The summed E-state index contributed by atoms with van der Waals surface area (Å²) in [4.78, 5) is 25.1. The molecule has 1 atom stereocenters. The minimum absolute atomic E-state index is 0.00420. The lowest BCUT2D eigenvalue weighted by Crippen LogP contribution is -2.41. The molecular formula is C18H22N4O3. The van der Waals surface area contributed by atoms with E-state index in [1.165, 1.54) is 0 Å². The SMILES string of the molecule is O=C(O)CCC1CCCN(C(=O)Cn2cc(-c3ccccc3)nn2)C1. The fraction of sp³-hybridized carbons (Fsp3) is 0.444. The van der Waals surface area contributed by atoms with Gasteiger partial charge in [-0.1, -0.05) is 35.5 Å². The second-order valence-corrected chi connectivity index (χ2v) is 6.45. The molecule has 0 radical (unpaired) electrons. The van der Waals surface area contributed by atoms with Gasteiger partial charge in [-0.3, -0.25) is 9.59 Å². The Hall–Kier alpha value is -2.70. The number of carboxylic acid groups (broad SMARTS) is 1. The summed E-state index contributed by atoms with van der Waals surface area (Å²) in [6, 6.07) is 9.71. The van der Waals surface area contributed by atoms with Crippen molar-refractivity contribution < 1.29 is 14.7 Å². The molecule has 0 saturated carbocycles. The number of nitrogens with zero attached hydrogens (tertiary/aromatic N) is 4. The van der Waals surface area contributed by atoms with Crippen LogP contribution in [0, 0.1) is 5.92 Å². The minimum Gasteiger partial charge on any atom is -0.481 e. The first-order valence-corrected chi connectivity index (χ1v) is 8.57. The molecule has 132 valence electrons. The summed E-state index contributed by atoms with van der Waals surface area (Å²) >= 11 is 0. The van der Waals surface area contributed by atoms with Gasteiger partial charge in [0.05, 0.1) is 6.20 Å². The number of aromatic nitrogens is 3. The van der Waals surface area contributed by atoms with Crippen molar-refractivity contribution in [3.8, 4) is 11.3 Å². The Morgan fingerprint density at radius 3 is 2.80 bits per heavy atom. The van der Waals surface area contributed by atoms with Crippen molar-refractivity contribution in [3.05, 3.63) is 36.5 Å². The number of carboxylic acids is 1. The van der Waals surface area contributed by atoms with Gasteiger partial charge in [-0.25, -0.2) is 4.68 Å². The van der Waals surface area contributed by atoms with Gasteiger partial charge in [0, 0.05) is 25.1 Å². The van der Waals surface area contributed by atoms with E-state index in [-0.39, 0.29) is 24.8 Å². The highest BCUT2D eigenvalue weighted by Crippen LogP contribution is 2.21. The standard InChI is InChI=1S/C18H22N4O3/c23-17(21-10-4-5-14(11-21)8-9-18(24)25)13-22-12-16(19-20-22)15-6-2-1-3-7-15/h1-3,6-7,12,14H,4-5,8-11,13H2,(H,24,25). The van der Waals surface area contributed by atoms with Crippen molar-refractivity contribution in [2.75, 3.05) is 13.1 Å². The van der Waals surface area contributed by atoms with Gasteiger partial charge in [0.1, 0.15) is 12.2 Å². The van der Waals surface area contributed by atoms with Crippen molar-refractivity contribution in [1.29, 1.82) is 0 Å². The van der Waals surface area contributed by atoms with Crippen LogP contribution in [0.4, 0.5) is 0 Å². The zero-order valence-corrected chi connectivity index (χ0v) is 14.0. The third kappa shape index (κ3) is 4.65. The van der Waals surface area contributed by atoms with Gasteiger partial charge in [-0.15, -0.1) is 5.10 Å². The first-order chi connectivity index (χ1) is 12.1. The Morgan fingerprint density at radius 1 is 1.24 bits per heavy atom. The number of likely N-dealkylation sites (tertiary alicyclic amines) is 1. The fourth-order valence-corrected chi connectivity index (χ4v) is 3.21. The van der Waals surface area contributed by atoms with Gasteiger partial charge in [-0.2, -0.15) is 0 Å². The number of carbonyl (C=O) groups excluding carboxylic acids is 1. The van der Waals surface area contributed by atoms with Crippen LogP contribution in [0.3, 0.4) is 0 Å². The van der Waals surface area contributed by atoms with Crippen LogP contribution >= 0.6 is 0 Å². The molecule has 1 amide bonds. The summed E-state index contributed by atoms with van der Waals surface area (Å²) in [7, 11) is 0. The van der Waals surface area contributed by atoms with E-state index in [1.807, 2.05) is 35.2 Å². The molecule has 1 fully saturated rings. The number of carbonyl (C=O) groups is 2. The molecule has 1 aromatic carbocycles. The maximum atomic E-state index is 12.5. The van der Waals surface area contributed by atoms with E-state index >= 15 is 0 Å². The van der Waals surface area contributed by atoms with Gasteiger partial charge in [-0.05, 0) is 25.2 Å². The van der Waals surface area contributed by atoms with Crippen LogP contribution in [0.1, 0.15) is 25.7 Å². The Morgan fingerprint density at radius 2 is 2.04 bits per heavy atom. The molecule has 7 heteroatoms. The van der Waals surface area contributed by atoms with Gasteiger partial charge >= 0.3 is 5.97 Å². The van der Waals surface area contributed by atoms with Crippen LogP contribution in [0.5, 0.6) is 0 Å². The van der Waals surface area contributed by atoms with E-state index in [2.05, 4.69) is 10.3 Å². The van der Waals surface area contributed by atoms with Gasteiger partial charge in [0.2, 0.25) is 5.91 Å². The number of piperidine rings is 1. The molecule has 0 spiro atoms. The quantitative estimate of drug-likeness (QED) is 0.868. The molecule has 7 nitrogen and oxygen atoms in total. The van der Waals surface area contributed by atoms with E-state index in [9.17, 15) is 9.59 Å². The Labute approximate surface area is 146 Å². The first-order valence-electron chi connectivity index (χ1n) is 8.57. The summed E-state index contributed by atoms with van der Waals surface area (Å²) in [6.07, 6.45) is 4.47. The van der Waals surface area contributed by atoms with Crippen LogP contribution < -0.4 is 0 Å². The number of hydrogen-bond acceptors (Lipinski definition) is 4. The third-order valence-electron chi connectivity index (χ3n) is 4.54. The lowest BCUT2D eigenvalue weighted by Gasteiger charge is -2.32. The van der Waals surface area contributed by atoms with Crippen molar-refractivity contribution in [2.45, 2.75) is 32.2 Å². The summed E-state index contributed by atoms with van der Waals surface area (Å²) in [5.74, 6) is -0.506. The monoisotopic (exact) mass is 342 g/mol. The molecule has 0 aliphatic carbocycles. The molecule has 25 heavy (non-hydrogen) atoms. The average Bonchev–Trinajstić information content (AvgIpc) is 3.09. The molecule has 1 aromatic heterocycles. The molecule has 2 heterocycles. The van der Waals surface area contributed by atoms with E-state index in [4.69, 9.17) is 5.11 Å². The highest BCUT2D eigenvalue weighted by atomic mass is 16.4. The van der Waals surface area contributed by atoms with Crippen LogP contribution in [-0.2, 0) is 16.1 Å². The minimum atomic E-state index is -0.778. The second kappa shape index (κ2) is 7.92. The molecule has 1 saturated heterocycles. The number of hydrogen-bond donors (Lipinski definition) is 1. The zero-order chi connectivity index (χ0) is 17.6. The van der Waals surface area contributed by atoms with Crippen molar-refractivity contribution in [2.24, 2.45) is 5.92 Å². The molecule has 1 aliphatic rings. The Balaban J connectivity index is 1.57. The van der Waals surface area contributed by atoms with Gasteiger partial charge in [0.25, 0.3) is 0 Å². The highest BCUT2D eigenvalue weighted by molar-refractivity contribution is 5.76. The van der Waals surface area contributed by atoms with E-state index < -0.39 is 5.97 Å². The number of rotatable bonds is 6. The summed E-state index contributed by atoms with van der Waals surface area (Å²) in [5.41, 5.74) is 1.71. The Kier molecular flexibility index (Phi) is 5.42. The van der Waals surface area contributed by atoms with E-state index in [1.54, 1.807) is 10.9 Å². The number of amides is 1. The van der Waals surface area contributed by atoms with E-state index in [0.29, 0.717) is 13.0 Å². The molecule has 3 rings (SSSR count). The van der Waals surface area contributed by atoms with Gasteiger partial charge < -0.3 is 10.0 Å². The fourth-order valence-electron chi connectivity index (χ4n) is 3.21. The first kappa shape index (κ1) is 17.1. The predicted octanol–water partition coefficient (Wildman–Crippen LogP) is 2.05. The molecule has 1 unspecified atom stereocenters. The maximum Gasteiger partial charge on any atom is 0.303 e. The van der Waals surface area contributed by atoms with Gasteiger partial charge in [0.15, 0.2) is 0 Å². The highest BCUT2D eigenvalue weighted by Gasteiger charge is 2.24. The largest absolute Gasteiger partial charge is 0.481 e. The smallest absolute Gasteiger partial charge is 0.303 e. The second-order valence-electron chi connectivity index (χ2n) is 6.45. The molecule has 1 N–H and O–H groups in total. The number of benzene rings is 1. The van der Waals surface area contributed by atoms with Crippen LogP contribution in [-0.4, -0.2) is 50.0 Å². The number of aliphatic carboxylic acids is 1. The average molecular weight is 342 g/mol.